The highest BCUT2D eigenvalue weighted by atomic mass is 32.1. The van der Waals surface area contributed by atoms with Crippen LogP contribution in [0.2, 0.25) is 0 Å². The number of carboxylic acids is 1. The Labute approximate surface area is 112 Å². The first kappa shape index (κ1) is 13.5. The minimum atomic E-state index is -0.721. The molecule has 18 heavy (non-hydrogen) atoms. The fourth-order valence-corrected chi connectivity index (χ4v) is 2.76. The summed E-state index contributed by atoms with van der Waals surface area (Å²) in [6, 6.07) is 0.577. The Morgan fingerprint density at radius 1 is 1.61 bits per heavy atom. The number of nitrogens with zero attached hydrogens (tertiary/aromatic N) is 2. The highest BCUT2D eigenvalue weighted by Gasteiger charge is 2.29. The summed E-state index contributed by atoms with van der Waals surface area (Å²) >= 11 is 1.70. The van der Waals surface area contributed by atoms with Crippen LogP contribution in [0.1, 0.15) is 49.7 Å². The Balaban J connectivity index is 1.92. The molecule has 0 radical (unpaired) electrons. The highest BCUT2D eigenvalue weighted by Crippen LogP contribution is 2.29. The van der Waals surface area contributed by atoms with Gasteiger partial charge in [0.15, 0.2) is 0 Å². The molecule has 4 nitrogen and oxygen atoms in total. The van der Waals surface area contributed by atoms with E-state index in [2.05, 4.69) is 29.1 Å². The fraction of sp³-hybridized carbons (Fsp3) is 0.692. The summed E-state index contributed by atoms with van der Waals surface area (Å²) in [5, 5.41) is 12.0. The van der Waals surface area contributed by atoms with Crippen molar-refractivity contribution < 1.29 is 9.90 Å². The van der Waals surface area contributed by atoms with Gasteiger partial charge in [-0.05, 0) is 12.8 Å². The van der Waals surface area contributed by atoms with Gasteiger partial charge in [-0.3, -0.25) is 9.69 Å². The molecule has 1 aromatic heterocycles. The van der Waals surface area contributed by atoms with Crippen molar-refractivity contribution in [3.63, 3.8) is 0 Å². The van der Waals surface area contributed by atoms with Crippen molar-refractivity contribution in [2.45, 2.75) is 51.6 Å². The van der Waals surface area contributed by atoms with Crippen molar-refractivity contribution in [1.29, 1.82) is 0 Å². The van der Waals surface area contributed by atoms with E-state index in [1.807, 2.05) is 0 Å². The minimum absolute atomic E-state index is 0.220. The number of thiazole rings is 1. The van der Waals surface area contributed by atoms with Gasteiger partial charge in [-0.15, -0.1) is 11.3 Å². The SMILES string of the molecule is CC(C)c1nc(CN(CCC(=O)O)C2CC2)cs1. The Bertz CT molecular complexity index is 413. The highest BCUT2D eigenvalue weighted by molar-refractivity contribution is 7.09. The van der Waals surface area contributed by atoms with Crippen molar-refractivity contribution in [1.82, 2.24) is 9.88 Å². The zero-order valence-corrected chi connectivity index (χ0v) is 11.7. The maximum Gasteiger partial charge on any atom is 0.304 e. The molecule has 1 heterocycles. The summed E-state index contributed by atoms with van der Waals surface area (Å²) in [5.74, 6) is -0.251. The third-order valence-electron chi connectivity index (χ3n) is 3.10. The van der Waals surface area contributed by atoms with E-state index < -0.39 is 5.97 Å². The van der Waals surface area contributed by atoms with Crippen LogP contribution in [0.15, 0.2) is 5.38 Å². The second kappa shape index (κ2) is 5.80. The quantitative estimate of drug-likeness (QED) is 0.826. The normalized spacial score (nSPS) is 15.6. The first-order chi connectivity index (χ1) is 8.56. The lowest BCUT2D eigenvalue weighted by atomic mass is 10.2. The van der Waals surface area contributed by atoms with Crippen molar-refractivity contribution in [2.24, 2.45) is 0 Å². The topological polar surface area (TPSA) is 53.4 Å². The smallest absolute Gasteiger partial charge is 0.304 e. The average Bonchev–Trinajstić information content (AvgIpc) is 3.03. The molecule has 100 valence electrons. The van der Waals surface area contributed by atoms with Gasteiger partial charge in [0.2, 0.25) is 0 Å². The van der Waals surface area contributed by atoms with E-state index in [9.17, 15) is 4.79 Å². The zero-order valence-electron chi connectivity index (χ0n) is 10.9. The van der Waals surface area contributed by atoms with Crippen molar-refractivity contribution in [3.05, 3.63) is 16.1 Å². The maximum atomic E-state index is 10.7. The summed E-state index contributed by atoms with van der Waals surface area (Å²) in [5.41, 5.74) is 1.08. The summed E-state index contributed by atoms with van der Waals surface area (Å²) < 4.78 is 0. The average molecular weight is 268 g/mol. The molecule has 0 bridgehead atoms. The van der Waals surface area contributed by atoms with E-state index in [0.717, 1.165) is 12.2 Å². The van der Waals surface area contributed by atoms with Crippen molar-refractivity contribution >= 4 is 17.3 Å². The van der Waals surface area contributed by atoms with Gasteiger partial charge < -0.3 is 5.11 Å². The van der Waals surface area contributed by atoms with Gasteiger partial charge in [-0.25, -0.2) is 4.98 Å². The summed E-state index contributed by atoms with van der Waals surface area (Å²) in [6.07, 6.45) is 2.61. The van der Waals surface area contributed by atoms with Gasteiger partial charge in [0.1, 0.15) is 0 Å². The number of hydrogen-bond acceptors (Lipinski definition) is 4. The molecule has 0 unspecified atom stereocenters. The van der Waals surface area contributed by atoms with Crippen LogP contribution in [-0.4, -0.2) is 33.5 Å². The van der Waals surface area contributed by atoms with Gasteiger partial charge in [0.05, 0.1) is 17.1 Å². The van der Waals surface area contributed by atoms with E-state index in [4.69, 9.17) is 5.11 Å². The van der Waals surface area contributed by atoms with E-state index in [1.165, 1.54) is 17.8 Å². The predicted octanol–water partition coefficient (Wildman–Crippen LogP) is 2.71. The molecule has 1 aliphatic carbocycles. The van der Waals surface area contributed by atoms with Crippen LogP contribution < -0.4 is 0 Å². The second-order valence-corrected chi connectivity index (χ2v) is 6.07. The molecular weight excluding hydrogens is 248 g/mol. The molecule has 0 spiro atoms. The first-order valence-electron chi connectivity index (χ1n) is 6.46. The predicted molar refractivity (Wildman–Crippen MR) is 71.9 cm³/mol. The molecule has 1 fully saturated rings. The molecule has 1 aliphatic rings. The van der Waals surface area contributed by atoms with Gasteiger partial charge in [-0.2, -0.15) is 0 Å². The fourth-order valence-electron chi connectivity index (χ4n) is 1.94. The van der Waals surface area contributed by atoms with Crippen LogP contribution in [0.4, 0.5) is 0 Å². The molecule has 5 heteroatoms. The van der Waals surface area contributed by atoms with Crippen LogP contribution in [0.5, 0.6) is 0 Å². The lowest BCUT2D eigenvalue weighted by molar-refractivity contribution is -0.137. The van der Waals surface area contributed by atoms with Crippen LogP contribution in [0.3, 0.4) is 0 Å². The molecule has 0 atom stereocenters. The van der Waals surface area contributed by atoms with Crippen LogP contribution >= 0.6 is 11.3 Å². The van der Waals surface area contributed by atoms with E-state index in [-0.39, 0.29) is 6.42 Å². The number of carbonyl (C=O) groups is 1. The number of rotatable bonds is 7. The summed E-state index contributed by atoms with van der Waals surface area (Å²) in [7, 11) is 0. The molecule has 1 N–H and O–H groups in total. The summed E-state index contributed by atoms with van der Waals surface area (Å²) in [4.78, 5) is 17.5. The van der Waals surface area contributed by atoms with Gasteiger partial charge in [-0.1, -0.05) is 13.8 Å². The standard InChI is InChI=1S/C13H20N2O2S/c1-9(2)13-14-10(8-18-13)7-15(11-3-4-11)6-5-12(16)17/h8-9,11H,3-7H2,1-2H3,(H,16,17). The number of carboxylic acid groups (broad SMARTS) is 1. The lowest BCUT2D eigenvalue weighted by Gasteiger charge is -2.19. The largest absolute Gasteiger partial charge is 0.481 e. The first-order valence-corrected chi connectivity index (χ1v) is 7.34. The third kappa shape index (κ3) is 3.78. The van der Waals surface area contributed by atoms with Crippen LogP contribution in [-0.2, 0) is 11.3 Å². The summed E-state index contributed by atoms with van der Waals surface area (Å²) in [6.45, 7) is 5.72. The number of aromatic nitrogens is 1. The third-order valence-corrected chi connectivity index (χ3v) is 4.30. The molecule has 2 rings (SSSR count). The van der Waals surface area contributed by atoms with Gasteiger partial charge in [0.25, 0.3) is 0 Å². The van der Waals surface area contributed by atoms with Crippen LogP contribution in [0, 0.1) is 0 Å². The molecular formula is C13H20N2O2S. The Kier molecular flexibility index (Phi) is 4.35. The lowest BCUT2D eigenvalue weighted by Crippen LogP contribution is -2.28. The van der Waals surface area contributed by atoms with Crippen molar-refractivity contribution in [2.75, 3.05) is 6.54 Å². The van der Waals surface area contributed by atoms with E-state index in [0.29, 0.717) is 18.5 Å². The number of hydrogen-bond donors (Lipinski definition) is 1. The zero-order chi connectivity index (χ0) is 13.1. The van der Waals surface area contributed by atoms with Gasteiger partial charge in [0, 0.05) is 30.4 Å². The molecule has 0 aliphatic heterocycles. The van der Waals surface area contributed by atoms with Crippen molar-refractivity contribution in [3.8, 4) is 0 Å². The minimum Gasteiger partial charge on any atom is -0.481 e. The molecule has 1 saturated carbocycles. The molecule has 0 amide bonds. The van der Waals surface area contributed by atoms with Crippen LogP contribution in [0.25, 0.3) is 0 Å². The Hall–Kier alpha value is -0.940. The molecule has 0 aromatic carbocycles. The van der Waals surface area contributed by atoms with E-state index in [1.54, 1.807) is 11.3 Å². The Morgan fingerprint density at radius 3 is 2.83 bits per heavy atom. The van der Waals surface area contributed by atoms with Gasteiger partial charge >= 0.3 is 5.97 Å². The maximum absolute atomic E-state index is 10.7. The second-order valence-electron chi connectivity index (χ2n) is 5.18. The monoisotopic (exact) mass is 268 g/mol. The number of aliphatic carboxylic acids is 1. The molecule has 1 aromatic rings. The Morgan fingerprint density at radius 2 is 2.33 bits per heavy atom. The molecule has 0 saturated heterocycles. The van der Waals surface area contributed by atoms with E-state index >= 15 is 0 Å².